The van der Waals surface area contributed by atoms with Crippen LogP contribution in [0.5, 0.6) is 0 Å². The van der Waals surface area contributed by atoms with Gasteiger partial charge in [0, 0.05) is 63.2 Å². The van der Waals surface area contributed by atoms with E-state index >= 15 is 0 Å². The summed E-state index contributed by atoms with van der Waals surface area (Å²) in [6.45, 7) is 6.13. The van der Waals surface area contributed by atoms with Crippen LogP contribution < -0.4 is 15.5 Å². The Morgan fingerprint density at radius 2 is 1.70 bits per heavy atom. The molecule has 37 heavy (non-hydrogen) atoms. The number of urea groups is 1. The molecule has 3 aromatic rings. The van der Waals surface area contributed by atoms with Gasteiger partial charge in [0.25, 0.3) is 0 Å². The third kappa shape index (κ3) is 6.40. The Morgan fingerprint density at radius 1 is 1.03 bits per heavy atom. The summed E-state index contributed by atoms with van der Waals surface area (Å²) in [4.78, 5) is 24.2. The summed E-state index contributed by atoms with van der Waals surface area (Å²) in [5.41, 5.74) is 2.03. The highest BCUT2D eigenvalue weighted by Crippen LogP contribution is 2.33. The first-order chi connectivity index (χ1) is 17.8. The smallest absolute Gasteiger partial charge is 0.319 e. The fraction of sp³-hybridized carbons (Fsp3) is 0.240. The molecule has 1 unspecified atom stereocenters. The number of benzene rings is 1. The van der Waals surface area contributed by atoms with Crippen molar-refractivity contribution in [2.75, 3.05) is 36.4 Å². The standard InChI is InChI=1S/C25H26Cl2N6O3S/c1-2-23(32-10-12-33(13-11-32)24-21(26)16-29-17-22(24)27)37(35,36)20-7-5-19(6-8-20)31-25(34)30-15-18-4-3-9-28-14-18/h2-9,14,16-17,23H,1,10-13,15H2,(H2,30,31,34). The van der Waals surface area contributed by atoms with Gasteiger partial charge in [0.2, 0.25) is 0 Å². The quantitative estimate of drug-likeness (QED) is 0.397. The third-order valence-electron chi connectivity index (χ3n) is 5.95. The van der Waals surface area contributed by atoms with Gasteiger partial charge < -0.3 is 15.5 Å². The summed E-state index contributed by atoms with van der Waals surface area (Å²) < 4.78 is 26.9. The molecule has 2 amide bonds. The Morgan fingerprint density at radius 3 is 2.30 bits per heavy atom. The second-order valence-corrected chi connectivity index (χ2v) is 11.2. The van der Waals surface area contributed by atoms with Gasteiger partial charge in [-0.3, -0.25) is 14.9 Å². The lowest BCUT2D eigenvalue weighted by molar-refractivity contribution is 0.251. The predicted molar refractivity (Wildman–Crippen MR) is 146 cm³/mol. The van der Waals surface area contributed by atoms with Crippen LogP contribution in [0.2, 0.25) is 10.0 Å². The molecule has 1 fully saturated rings. The monoisotopic (exact) mass is 560 g/mol. The molecule has 0 radical (unpaired) electrons. The number of amides is 2. The Bertz CT molecular complexity index is 1330. The summed E-state index contributed by atoms with van der Waals surface area (Å²) in [7, 11) is -3.75. The van der Waals surface area contributed by atoms with E-state index in [4.69, 9.17) is 23.2 Å². The normalized spacial score (nSPS) is 15.1. The van der Waals surface area contributed by atoms with E-state index in [-0.39, 0.29) is 4.90 Å². The summed E-state index contributed by atoms with van der Waals surface area (Å²) in [6.07, 6.45) is 7.84. The van der Waals surface area contributed by atoms with Crippen LogP contribution in [-0.4, -0.2) is 60.9 Å². The van der Waals surface area contributed by atoms with Gasteiger partial charge in [-0.25, -0.2) is 13.2 Å². The molecule has 0 aliphatic carbocycles. The molecule has 2 N–H and O–H groups in total. The highest BCUT2D eigenvalue weighted by molar-refractivity contribution is 7.92. The van der Waals surface area contributed by atoms with E-state index < -0.39 is 21.2 Å². The number of piperazine rings is 1. The fourth-order valence-electron chi connectivity index (χ4n) is 4.11. The van der Waals surface area contributed by atoms with Crippen molar-refractivity contribution in [1.29, 1.82) is 0 Å². The van der Waals surface area contributed by atoms with Gasteiger partial charge in [0.05, 0.1) is 20.6 Å². The number of carbonyl (C=O) groups excluding carboxylic acids is 1. The van der Waals surface area contributed by atoms with Crippen molar-refractivity contribution in [1.82, 2.24) is 20.2 Å². The molecule has 12 heteroatoms. The second kappa shape index (κ2) is 11.9. The van der Waals surface area contributed by atoms with Crippen LogP contribution in [0.1, 0.15) is 5.56 Å². The van der Waals surface area contributed by atoms with Gasteiger partial charge >= 0.3 is 6.03 Å². The number of halogens is 2. The highest BCUT2D eigenvalue weighted by Gasteiger charge is 2.33. The molecular weight excluding hydrogens is 535 g/mol. The van der Waals surface area contributed by atoms with E-state index in [2.05, 4.69) is 27.2 Å². The van der Waals surface area contributed by atoms with Crippen LogP contribution in [0.3, 0.4) is 0 Å². The van der Waals surface area contributed by atoms with E-state index in [1.807, 2.05) is 15.9 Å². The molecule has 4 rings (SSSR count). The van der Waals surface area contributed by atoms with Crippen molar-refractivity contribution >= 4 is 50.4 Å². The largest absolute Gasteiger partial charge is 0.366 e. The number of carbonyl (C=O) groups is 1. The molecule has 1 aliphatic rings. The number of hydrogen-bond donors (Lipinski definition) is 2. The average molecular weight is 561 g/mol. The zero-order valence-electron chi connectivity index (χ0n) is 19.8. The molecule has 1 aromatic carbocycles. The van der Waals surface area contributed by atoms with E-state index in [9.17, 15) is 13.2 Å². The maximum atomic E-state index is 13.4. The maximum Gasteiger partial charge on any atom is 0.319 e. The zero-order chi connectivity index (χ0) is 26.4. The van der Waals surface area contributed by atoms with E-state index in [1.165, 1.54) is 30.6 Å². The fourth-order valence-corrected chi connectivity index (χ4v) is 6.36. The Kier molecular flexibility index (Phi) is 8.65. The highest BCUT2D eigenvalue weighted by atomic mass is 35.5. The summed E-state index contributed by atoms with van der Waals surface area (Å²) in [6, 6.07) is 9.31. The topological polar surface area (TPSA) is 108 Å². The molecule has 2 aromatic heterocycles. The first kappa shape index (κ1) is 26.9. The number of anilines is 2. The second-order valence-electron chi connectivity index (χ2n) is 8.34. The predicted octanol–water partition coefficient (Wildman–Crippen LogP) is 4.21. The van der Waals surface area contributed by atoms with Crippen molar-refractivity contribution in [2.45, 2.75) is 16.8 Å². The van der Waals surface area contributed by atoms with Crippen molar-refractivity contribution in [3.05, 3.63) is 89.4 Å². The van der Waals surface area contributed by atoms with Gasteiger partial charge in [-0.05, 0) is 35.9 Å². The van der Waals surface area contributed by atoms with Gasteiger partial charge in [0.15, 0.2) is 9.84 Å². The molecular formula is C25H26Cl2N6O3S. The maximum absolute atomic E-state index is 13.4. The molecule has 194 valence electrons. The van der Waals surface area contributed by atoms with Gasteiger partial charge in [-0.2, -0.15) is 0 Å². The minimum atomic E-state index is -3.75. The number of rotatable bonds is 8. The lowest BCUT2D eigenvalue weighted by Gasteiger charge is -2.39. The zero-order valence-corrected chi connectivity index (χ0v) is 22.2. The molecule has 9 nitrogen and oxygen atoms in total. The Balaban J connectivity index is 1.37. The molecule has 0 bridgehead atoms. The molecule has 1 aliphatic heterocycles. The van der Waals surface area contributed by atoms with Crippen molar-refractivity contribution in [3.8, 4) is 0 Å². The van der Waals surface area contributed by atoms with Crippen molar-refractivity contribution < 1.29 is 13.2 Å². The van der Waals surface area contributed by atoms with E-state index in [0.717, 1.165) is 5.56 Å². The SMILES string of the molecule is C=CC(N1CCN(c2c(Cl)cncc2Cl)CC1)S(=O)(=O)c1ccc(NC(=O)NCc2cccnc2)cc1. The van der Waals surface area contributed by atoms with Crippen LogP contribution >= 0.6 is 23.2 Å². The molecule has 0 saturated carbocycles. The summed E-state index contributed by atoms with van der Waals surface area (Å²) in [5, 5.41) is 5.43. The van der Waals surface area contributed by atoms with E-state index in [1.54, 1.807) is 30.6 Å². The minimum absolute atomic E-state index is 0.140. The Hall–Kier alpha value is -3.18. The number of nitrogens with zero attached hydrogens (tertiary/aromatic N) is 4. The average Bonchev–Trinajstić information content (AvgIpc) is 2.89. The van der Waals surface area contributed by atoms with Crippen LogP contribution in [0.4, 0.5) is 16.2 Å². The van der Waals surface area contributed by atoms with E-state index in [0.29, 0.717) is 54.1 Å². The molecule has 1 atom stereocenters. The van der Waals surface area contributed by atoms with Gasteiger partial charge in [-0.15, -0.1) is 6.58 Å². The van der Waals surface area contributed by atoms with Crippen molar-refractivity contribution in [3.63, 3.8) is 0 Å². The number of pyridine rings is 2. The summed E-state index contributed by atoms with van der Waals surface area (Å²) >= 11 is 12.6. The number of nitrogens with one attached hydrogen (secondary N) is 2. The minimum Gasteiger partial charge on any atom is -0.366 e. The first-order valence-corrected chi connectivity index (χ1v) is 13.8. The van der Waals surface area contributed by atoms with Crippen LogP contribution in [0, 0.1) is 0 Å². The number of aromatic nitrogens is 2. The Labute approximate surface area is 226 Å². The van der Waals surface area contributed by atoms with Crippen molar-refractivity contribution in [2.24, 2.45) is 0 Å². The molecule has 0 spiro atoms. The lowest BCUT2D eigenvalue weighted by Crippen LogP contribution is -2.52. The van der Waals surface area contributed by atoms with Crippen LogP contribution in [0.15, 0.2) is 78.7 Å². The van der Waals surface area contributed by atoms with Crippen LogP contribution in [-0.2, 0) is 16.4 Å². The first-order valence-electron chi connectivity index (χ1n) is 11.5. The number of hydrogen-bond acceptors (Lipinski definition) is 7. The third-order valence-corrected chi connectivity index (χ3v) is 8.56. The summed E-state index contributed by atoms with van der Waals surface area (Å²) in [5.74, 6) is 0. The van der Waals surface area contributed by atoms with Gasteiger partial charge in [-0.1, -0.05) is 35.3 Å². The molecule has 1 saturated heterocycles. The molecule has 3 heterocycles. The lowest BCUT2D eigenvalue weighted by atomic mass is 10.2. The van der Waals surface area contributed by atoms with Crippen LogP contribution in [0.25, 0.3) is 0 Å². The number of sulfone groups is 1. The van der Waals surface area contributed by atoms with Gasteiger partial charge in [0.1, 0.15) is 5.37 Å².